The summed E-state index contributed by atoms with van der Waals surface area (Å²) < 4.78 is 5.96. The minimum atomic E-state index is -0.365. The van der Waals surface area contributed by atoms with Crippen LogP contribution in [0.25, 0.3) is 0 Å². The van der Waals surface area contributed by atoms with Gasteiger partial charge >= 0.3 is 0 Å². The van der Waals surface area contributed by atoms with Gasteiger partial charge in [0, 0.05) is 31.1 Å². The Balaban J connectivity index is 2.28. The van der Waals surface area contributed by atoms with Gasteiger partial charge in [0.15, 0.2) is 0 Å². The number of methoxy groups -OCH3 is 1. The molecular formula is C12H18BrNO2. The molecule has 0 aliphatic heterocycles. The van der Waals surface area contributed by atoms with E-state index in [-0.39, 0.29) is 6.10 Å². The molecule has 0 aliphatic rings. The van der Waals surface area contributed by atoms with Crippen LogP contribution in [0, 0.1) is 0 Å². The molecule has 1 rings (SSSR count). The third-order valence-corrected chi connectivity index (χ3v) is 3.05. The summed E-state index contributed by atoms with van der Waals surface area (Å²) in [4.78, 5) is 0. The molecule has 0 amide bonds. The smallest absolute Gasteiger partial charge is 0.0705 e. The molecule has 0 saturated carbocycles. The van der Waals surface area contributed by atoms with Crippen LogP contribution in [0.15, 0.2) is 28.7 Å². The lowest BCUT2D eigenvalue weighted by Gasteiger charge is -2.12. The van der Waals surface area contributed by atoms with Gasteiger partial charge in [0.2, 0.25) is 0 Å². The van der Waals surface area contributed by atoms with Crippen LogP contribution in [0.2, 0.25) is 0 Å². The van der Waals surface area contributed by atoms with Crippen LogP contribution in [0.5, 0.6) is 0 Å². The second-order valence-electron chi connectivity index (χ2n) is 3.65. The Morgan fingerprint density at radius 1 is 1.44 bits per heavy atom. The molecule has 90 valence electrons. The van der Waals surface area contributed by atoms with Gasteiger partial charge in [-0.1, -0.05) is 34.1 Å². The predicted octanol–water partition coefficient (Wildman–Crippen LogP) is 1.59. The van der Waals surface area contributed by atoms with E-state index < -0.39 is 0 Å². The number of hydrogen-bond donors (Lipinski definition) is 2. The highest BCUT2D eigenvalue weighted by Gasteiger charge is 2.07. The van der Waals surface area contributed by atoms with E-state index in [1.54, 1.807) is 7.11 Å². The summed E-state index contributed by atoms with van der Waals surface area (Å²) in [5.74, 6) is 0. The van der Waals surface area contributed by atoms with Gasteiger partial charge in [0.05, 0.1) is 12.7 Å². The average molecular weight is 288 g/mol. The van der Waals surface area contributed by atoms with Crippen LogP contribution in [0.1, 0.15) is 5.56 Å². The first-order valence-electron chi connectivity index (χ1n) is 5.35. The van der Waals surface area contributed by atoms with Crippen molar-refractivity contribution >= 4 is 15.9 Å². The zero-order valence-corrected chi connectivity index (χ0v) is 11.0. The number of aliphatic hydroxyl groups excluding tert-OH is 1. The molecule has 0 aromatic heterocycles. The molecule has 3 nitrogen and oxygen atoms in total. The standard InChI is InChI=1S/C12H18BrNO2/c1-16-7-6-14-9-11(15)8-10-4-2-3-5-12(10)13/h2-5,11,14-15H,6-9H2,1H3. The highest BCUT2D eigenvalue weighted by Crippen LogP contribution is 2.17. The number of aliphatic hydroxyl groups is 1. The number of nitrogens with one attached hydrogen (secondary N) is 1. The lowest BCUT2D eigenvalue weighted by molar-refractivity contribution is 0.160. The maximum absolute atomic E-state index is 9.80. The zero-order valence-electron chi connectivity index (χ0n) is 9.45. The van der Waals surface area contributed by atoms with E-state index in [2.05, 4.69) is 21.2 Å². The molecule has 16 heavy (non-hydrogen) atoms. The maximum atomic E-state index is 9.80. The average Bonchev–Trinajstić information content (AvgIpc) is 2.28. The van der Waals surface area contributed by atoms with Crippen LogP contribution in [0.4, 0.5) is 0 Å². The van der Waals surface area contributed by atoms with E-state index in [4.69, 9.17) is 4.74 Å². The van der Waals surface area contributed by atoms with E-state index in [0.717, 1.165) is 16.6 Å². The van der Waals surface area contributed by atoms with Gasteiger partial charge in [0.1, 0.15) is 0 Å². The third kappa shape index (κ3) is 5.07. The molecule has 1 aromatic rings. The first-order chi connectivity index (χ1) is 7.74. The molecular weight excluding hydrogens is 270 g/mol. The van der Waals surface area contributed by atoms with Gasteiger partial charge in [-0.3, -0.25) is 0 Å². The van der Waals surface area contributed by atoms with E-state index in [9.17, 15) is 5.11 Å². The van der Waals surface area contributed by atoms with E-state index in [0.29, 0.717) is 19.6 Å². The van der Waals surface area contributed by atoms with Crippen molar-refractivity contribution in [3.8, 4) is 0 Å². The molecule has 2 N–H and O–H groups in total. The summed E-state index contributed by atoms with van der Waals surface area (Å²) in [6.07, 6.45) is 0.289. The summed E-state index contributed by atoms with van der Waals surface area (Å²) in [5, 5.41) is 12.9. The lowest BCUT2D eigenvalue weighted by Crippen LogP contribution is -2.30. The Hall–Kier alpha value is -0.420. The Kier molecular flexibility index (Phi) is 6.64. The Morgan fingerprint density at radius 3 is 2.88 bits per heavy atom. The van der Waals surface area contributed by atoms with Crippen molar-refractivity contribution < 1.29 is 9.84 Å². The van der Waals surface area contributed by atoms with Crippen molar-refractivity contribution in [1.29, 1.82) is 0 Å². The van der Waals surface area contributed by atoms with Crippen molar-refractivity contribution in [3.05, 3.63) is 34.3 Å². The Morgan fingerprint density at radius 2 is 2.19 bits per heavy atom. The summed E-state index contributed by atoms with van der Waals surface area (Å²) in [7, 11) is 1.67. The molecule has 1 atom stereocenters. The second-order valence-corrected chi connectivity index (χ2v) is 4.50. The second kappa shape index (κ2) is 7.79. The quantitative estimate of drug-likeness (QED) is 0.749. The van der Waals surface area contributed by atoms with Gasteiger partial charge in [-0.25, -0.2) is 0 Å². The fourth-order valence-corrected chi connectivity index (χ4v) is 1.88. The van der Waals surface area contributed by atoms with Gasteiger partial charge in [-0.05, 0) is 11.6 Å². The molecule has 1 aromatic carbocycles. The molecule has 0 spiro atoms. The van der Waals surface area contributed by atoms with E-state index in [1.807, 2.05) is 24.3 Å². The first-order valence-corrected chi connectivity index (χ1v) is 6.14. The van der Waals surface area contributed by atoms with Gasteiger partial charge < -0.3 is 15.2 Å². The zero-order chi connectivity index (χ0) is 11.8. The van der Waals surface area contributed by atoms with Crippen LogP contribution in [-0.2, 0) is 11.2 Å². The fraction of sp³-hybridized carbons (Fsp3) is 0.500. The summed E-state index contributed by atoms with van der Waals surface area (Å²) in [6, 6.07) is 7.95. The number of ether oxygens (including phenoxy) is 1. The summed E-state index contributed by atoms with van der Waals surface area (Å²) >= 11 is 3.47. The van der Waals surface area contributed by atoms with Crippen molar-refractivity contribution in [3.63, 3.8) is 0 Å². The van der Waals surface area contributed by atoms with Crippen LogP contribution >= 0.6 is 15.9 Å². The van der Waals surface area contributed by atoms with Gasteiger partial charge in [-0.2, -0.15) is 0 Å². The van der Waals surface area contributed by atoms with Crippen molar-refractivity contribution in [2.75, 3.05) is 26.8 Å². The molecule has 1 unspecified atom stereocenters. The van der Waals surface area contributed by atoms with Crippen LogP contribution in [-0.4, -0.2) is 38.0 Å². The number of halogens is 1. The Bertz CT molecular complexity index is 307. The highest BCUT2D eigenvalue weighted by atomic mass is 79.9. The number of rotatable bonds is 7. The normalized spacial score (nSPS) is 12.7. The maximum Gasteiger partial charge on any atom is 0.0705 e. The largest absolute Gasteiger partial charge is 0.391 e. The lowest BCUT2D eigenvalue weighted by atomic mass is 10.1. The minimum absolute atomic E-state index is 0.365. The van der Waals surface area contributed by atoms with Crippen molar-refractivity contribution in [2.24, 2.45) is 0 Å². The third-order valence-electron chi connectivity index (χ3n) is 2.28. The van der Waals surface area contributed by atoms with Gasteiger partial charge in [0.25, 0.3) is 0 Å². The molecule has 0 heterocycles. The summed E-state index contributed by atoms with van der Waals surface area (Å²) in [6.45, 7) is 2.02. The predicted molar refractivity (Wildman–Crippen MR) is 68.6 cm³/mol. The molecule has 0 saturated heterocycles. The molecule has 0 bridgehead atoms. The highest BCUT2D eigenvalue weighted by molar-refractivity contribution is 9.10. The Labute approximate surface area is 105 Å². The topological polar surface area (TPSA) is 41.5 Å². The van der Waals surface area contributed by atoms with E-state index in [1.165, 1.54) is 0 Å². The molecule has 0 aliphatic carbocycles. The van der Waals surface area contributed by atoms with Crippen molar-refractivity contribution in [2.45, 2.75) is 12.5 Å². The number of hydrogen-bond acceptors (Lipinski definition) is 3. The van der Waals surface area contributed by atoms with Crippen molar-refractivity contribution in [1.82, 2.24) is 5.32 Å². The van der Waals surface area contributed by atoms with Crippen LogP contribution < -0.4 is 5.32 Å². The summed E-state index contributed by atoms with van der Waals surface area (Å²) in [5.41, 5.74) is 1.13. The molecule has 0 radical (unpaired) electrons. The monoisotopic (exact) mass is 287 g/mol. The van der Waals surface area contributed by atoms with Crippen LogP contribution in [0.3, 0.4) is 0 Å². The molecule has 4 heteroatoms. The SMILES string of the molecule is COCCNCC(O)Cc1ccccc1Br. The van der Waals surface area contributed by atoms with Gasteiger partial charge in [-0.15, -0.1) is 0 Å². The first kappa shape index (κ1) is 13.6. The van der Waals surface area contributed by atoms with E-state index >= 15 is 0 Å². The molecule has 0 fully saturated rings. The fourth-order valence-electron chi connectivity index (χ4n) is 1.43. The minimum Gasteiger partial charge on any atom is -0.391 e. The number of benzene rings is 1.